The highest BCUT2D eigenvalue weighted by molar-refractivity contribution is 7.07. The number of nitrogens with one attached hydrogen (secondary N) is 1. The first kappa shape index (κ1) is 17.1. The van der Waals surface area contributed by atoms with Gasteiger partial charge in [0.2, 0.25) is 5.91 Å². The molecule has 1 amide bonds. The number of rotatable bonds is 5. The van der Waals surface area contributed by atoms with Crippen LogP contribution in [0.15, 0.2) is 34.6 Å². The van der Waals surface area contributed by atoms with E-state index in [4.69, 9.17) is 0 Å². The number of carbonyl (C=O) groups is 1. The second-order valence-electron chi connectivity index (χ2n) is 5.87. The van der Waals surface area contributed by atoms with Crippen molar-refractivity contribution in [3.05, 3.63) is 62.1 Å². The molecule has 0 bridgehead atoms. The van der Waals surface area contributed by atoms with Gasteiger partial charge in [-0.2, -0.15) is 5.10 Å². The van der Waals surface area contributed by atoms with Gasteiger partial charge in [0.1, 0.15) is 6.54 Å². The summed E-state index contributed by atoms with van der Waals surface area (Å²) in [6.07, 6.45) is 1.72. The van der Waals surface area contributed by atoms with E-state index in [1.54, 1.807) is 16.3 Å². The van der Waals surface area contributed by atoms with Crippen LogP contribution < -0.4 is 10.2 Å². The molecule has 0 atom stereocenters. The number of nitrogens with zero attached hydrogens (tertiary/aromatic N) is 4. The molecule has 8 heteroatoms. The Morgan fingerprint density at radius 1 is 1.24 bits per heavy atom. The van der Waals surface area contributed by atoms with Crippen LogP contribution in [0.5, 0.6) is 0 Å². The van der Waals surface area contributed by atoms with Crippen molar-refractivity contribution in [3.63, 3.8) is 0 Å². The van der Waals surface area contributed by atoms with Crippen LogP contribution in [0.3, 0.4) is 0 Å². The van der Waals surface area contributed by atoms with E-state index in [1.165, 1.54) is 4.57 Å². The van der Waals surface area contributed by atoms with Crippen molar-refractivity contribution in [2.45, 2.75) is 33.9 Å². The Hall–Kier alpha value is -2.74. The predicted molar refractivity (Wildman–Crippen MR) is 96.0 cm³/mol. The van der Waals surface area contributed by atoms with Crippen LogP contribution in [0.4, 0.5) is 0 Å². The summed E-state index contributed by atoms with van der Waals surface area (Å²) in [5.41, 5.74) is 3.63. The molecule has 3 aromatic rings. The van der Waals surface area contributed by atoms with Gasteiger partial charge in [-0.25, -0.2) is 9.67 Å². The van der Waals surface area contributed by atoms with Crippen LogP contribution in [0.25, 0.3) is 5.82 Å². The van der Waals surface area contributed by atoms with E-state index < -0.39 is 0 Å². The Balaban J connectivity index is 1.61. The van der Waals surface area contributed by atoms with Crippen LogP contribution in [0, 0.1) is 20.8 Å². The van der Waals surface area contributed by atoms with Crippen LogP contribution in [-0.4, -0.2) is 25.2 Å². The number of amides is 1. The monoisotopic (exact) mass is 357 g/mol. The lowest BCUT2D eigenvalue weighted by atomic mass is 10.3. The van der Waals surface area contributed by atoms with E-state index in [-0.39, 0.29) is 17.3 Å². The first-order valence-corrected chi connectivity index (χ1v) is 8.72. The van der Waals surface area contributed by atoms with E-state index in [0.717, 1.165) is 39.8 Å². The van der Waals surface area contributed by atoms with E-state index in [1.807, 2.05) is 39.0 Å². The Morgan fingerprint density at radius 3 is 2.60 bits per heavy atom. The van der Waals surface area contributed by atoms with E-state index in [9.17, 15) is 9.59 Å². The molecule has 3 aromatic heterocycles. The maximum Gasteiger partial charge on any atom is 0.307 e. The van der Waals surface area contributed by atoms with Gasteiger partial charge in [0.15, 0.2) is 5.82 Å². The highest BCUT2D eigenvalue weighted by Gasteiger charge is 2.09. The topological polar surface area (TPSA) is 81.8 Å². The normalized spacial score (nSPS) is 10.8. The van der Waals surface area contributed by atoms with E-state index >= 15 is 0 Å². The van der Waals surface area contributed by atoms with Gasteiger partial charge in [0.25, 0.3) is 0 Å². The zero-order valence-corrected chi connectivity index (χ0v) is 15.1. The SMILES string of the molecule is Cc1cc(C)n(-c2ccc(CNC(=O)Cn3c(C)csc3=O)cn2)n1. The highest BCUT2D eigenvalue weighted by Crippen LogP contribution is 2.10. The van der Waals surface area contributed by atoms with Gasteiger partial charge in [0, 0.05) is 29.5 Å². The molecular weight excluding hydrogens is 338 g/mol. The molecule has 0 unspecified atom stereocenters. The first-order valence-electron chi connectivity index (χ1n) is 7.84. The van der Waals surface area contributed by atoms with Crippen LogP contribution in [-0.2, 0) is 17.9 Å². The smallest absolute Gasteiger partial charge is 0.307 e. The Labute approximate surface area is 149 Å². The molecule has 0 radical (unpaired) electrons. The quantitative estimate of drug-likeness (QED) is 0.754. The highest BCUT2D eigenvalue weighted by atomic mass is 32.1. The molecule has 3 rings (SSSR count). The van der Waals surface area contributed by atoms with Crippen LogP contribution in [0.2, 0.25) is 0 Å². The summed E-state index contributed by atoms with van der Waals surface area (Å²) in [6.45, 7) is 6.12. The summed E-state index contributed by atoms with van der Waals surface area (Å²) >= 11 is 1.10. The molecule has 7 nitrogen and oxygen atoms in total. The standard InChI is InChI=1S/C17H19N5O2S/c1-11-6-12(2)22(20-11)15-5-4-14(7-18-15)8-19-16(23)9-21-13(3)10-25-17(21)24/h4-7,10H,8-9H2,1-3H3,(H,19,23). The first-order chi connectivity index (χ1) is 11.9. The fourth-order valence-electron chi connectivity index (χ4n) is 2.50. The largest absolute Gasteiger partial charge is 0.350 e. The van der Waals surface area contributed by atoms with Crippen molar-refractivity contribution in [1.29, 1.82) is 0 Å². The average molecular weight is 357 g/mol. The van der Waals surface area contributed by atoms with Gasteiger partial charge in [0.05, 0.1) is 5.69 Å². The van der Waals surface area contributed by atoms with Crippen molar-refractivity contribution in [2.75, 3.05) is 0 Å². The molecular formula is C17H19N5O2S. The van der Waals surface area contributed by atoms with Gasteiger partial charge < -0.3 is 5.32 Å². The summed E-state index contributed by atoms with van der Waals surface area (Å²) in [6, 6.07) is 5.76. The number of hydrogen-bond donors (Lipinski definition) is 1. The Morgan fingerprint density at radius 2 is 2.04 bits per heavy atom. The molecule has 0 aromatic carbocycles. The fraction of sp³-hybridized carbons (Fsp3) is 0.294. The van der Waals surface area contributed by atoms with Crippen molar-refractivity contribution in [3.8, 4) is 5.82 Å². The van der Waals surface area contributed by atoms with Crippen molar-refractivity contribution >= 4 is 17.2 Å². The van der Waals surface area contributed by atoms with Crippen LogP contribution in [0.1, 0.15) is 22.6 Å². The molecule has 1 N–H and O–H groups in total. The molecule has 0 saturated carbocycles. The Bertz CT molecular complexity index is 952. The van der Waals surface area contributed by atoms with Crippen LogP contribution >= 0.6 is 11.3 Å². The summed E-state index contributed by atoms with van der Waals surface area (Å²) in [7, 11) is 0. The third-order valence-electron chi connectivity index (χ3n) is 3.80. The van der Waals surface area contributed by atoms with Gasteiger partial charge in [-0.1, -0.05) is 17.4 Å². The summed E-state index contributed by atoms with van der Waals surface area (Å²) in [5.74, 6) is 0.535. The van der Waals surface area contributed by atoms with Gasteiger partial charge in [-0.3, -0.25) is 14.2 Å². The zero-order valence-electron chi connectivity index (χ0n) is 14.3. The summed E-state index contributed by atoms with van der Waals surface area (Å²) in [4.78, 5) is 27.9. The minimum Gasteiger partial charge on any atom is -0.350 e. The number of hydrogen-bond acceptors (Lipinski definition) is 5. The van der Waals surface area contributed by atoms with Crippen molar-refractivity contribution in [1.82, 2.24) is 24.6 Å². The lowest BCUT2D eigenvalue weighted by Gasteiger charge is -2.08. The number of thiazole rings is 1. The summed E-state index contributed by atoms with van der Waals surface area (Å²) < 4.78 is 3.24. The van der Waals surface area contributed by atoms with Crippen molar-refractivity contribution < 1.29 is 4.79 Å². The van der Waals surface area contributed by atoms with E-state index in [0.29, 0.717) is 6.54 Å². The fourth-order valence-corrected chi connectivity index (χ4v) is 3.24. The maximum atomic E-state index is 12.0. The lowest BCUT2D eigenvalue weighted by molar-refractivity contribution is -0.121. The molecule has 25 heavy (non-hydrogen) atoms. The zero-order chi connectivity index (χ0) is 18.0. The molecule has 0 saturated heterocycles. The number of aromatic nitrogens is 4. The lowest BCUT2D eigenvalue weighted by Crippen LogP contribution is -2.30. The molecule has 0 fully saturated rings. The van der Waals surface area contributed by atoms with E-state index in [2.05, 4.69) is 15.4 Å². The molecule has 3 heterocycles. The minimum absolute atomic E-state index is 0.0332. The number of carbonyl (C=O) groups excluding carboxylic acids is 1. The van der Waals surface area contributed by atoms with Gasteiger partial charge in [-0.15, -0.1) is 0 Å². The molecule has 0 aliphatic heterocycles. The molecule has 130 valence electrons. The minimum atomic E-state index is -0.203. The second-order valence-corrected chi connectivity index (χ2v) is 6.69. The molecule has 0 spiro atoms. The third-order valence-corrected chi connectivity index (χ3v) is 4.68. The maximum absolute atomic E-state index is 12.0. The number of pyridine rings is 1. The molecule has 0 aliphatic rings. The predicted octanol–water partition coefficient (Wildman–Crippen LogP) is 1.73. The van der Waals surface area contributed by atoms with Gasteiger partial charge >= 0.3 is 4.87 Å². The third kappa shape index (κ3) is 3.85. The molecule has 0 aliphatic carbocycles. The number of aryl methyl sites for hydroxylation is 3. The van der Waals surface area contributed by atoms with Gasteiger partial charge in [-0.05, 0) is 38.5 Å². The average Bonchev–Trinajstić information content (AvgIpc) is 3.09. The second kappa shape index (κ2) is 7.02. The van der Waals surface area contributed by atoms with Crippen molar-refractivity contribution in [2.24, 2.45) is 0 Å². The Kier molecular flexibility index (Phi) is 4.80. The summed E-state index contributed by atoms with van der Waals surface area (Å²) in [5, 5.41) is 8.95.